The number of ether oxygens (including phenoxy) is 1. The van der Waals surface area contributed by atoms with E-state index in [1.165, 1.54) is 6.33 Å². The van der Waals surface area contributed by atoms with Crippen molar-refractivity contribution in [3.63, 3.8) is 0 Å². The first kappa shape index (κ1) is 11.1. The van der Waals surface area contributed by atoms with Gasteiger partial charge in [0, 0.05) is 31.7 Å². The maximum Gasteiger partial charge on any atom is 0.115 e. The number of hydrogen-bond donors (Lipinski definition) is 1. The van der Waals surface area contributed by atoms with Gasteiger partial charge in [0.2, 0.25) is 0 Å². The maximum absolute atomic E-state index is 9.88. The van der Waals surface area contributed by atoms with Crippen LogP contribution in [-0.2, 0) is 4.74 Å². The zero-order valence-electron chi connectivity index (χ0n) is 8.55. The summed E-state index contributed by atoms with van der Waals surface area (Å²) in [5.41, 5.74) is 0.760. The van der Waals surface area contributed by atoms with Gasteiger partial charge in [0.05, 0.1) is 6.10 Å². The molecule has 0 spiro atoms. The van der Waals surface area contributed by atoms with E-state index in [2.05, 4.69) is 9.97 Å². The molecule has 1 N–H and O–H groups in total. The fraction of sp³-hybridized carbons (Fsp3) is 0.600. The first-order valence-corrected chi connectivity index (χ1v) is 4.67. The summed E-state index contributed by atoms with van der Waals surface area (Å²) in [6.45, 7) is 2.64. The highest BCUT2D eigenvalue weighted by Gasteiger charge is 2.16. The molecule has 2 unspecified atom stereocenters. The molecule has 1 aromatic rings. The van der Waals surface area contributed by atoms with Crippen molar-refractivity contribution in [3.05, 3.63) is 24.3 Å². The van der Waals surface area contributed by atoms with Gasteiger partial charge in [0.15, 0.2) is 0 Å². The fourth-order valence-corrected chi connectivity index (χ4v) is 1.25. The van der Waals surface area contributed by atoms with E-state index in [1.807, 2.05) is 6.92 Å². The monoisotopic (exact) mass is 196 g/mol. The van der Waals surface area contributed by atoms with Gasteiger partial charge in [-0.25, -0.2) is 9.97 Å². The molecule has 4 nitrogen and oxygen atoms in total. The molecular formula is C10H16N2O2. The Kier molecular flexibility index (Phi) is 4.49. The summed E-state index contributed by atoms with van der Waals surface area (Å²) in [6, 6.07) is 0. The Morgan fingerprint density at radius 2 is 2.07 bits per heavy atom. The quantitative estimate of drug-likeness (QED) is 0.768. The number of aliphatic hydroxyl groups excluding tert-OH is 1. The van der Waals surface area contributed by atoms with E-state index in [4.69, 9.17) is 4.74 Å². The molecule has 4 heteroatoms. The first-order valence-electron chi connectivity index (χ1n) is 4.67. The first-order chi connectivity index (χ1) is 6.75. The minimum absolute atomic E-state index is 0.154. The second kappa shape index (κ2) is 5.67. The van der Waals surface area contributed by atoms with E-state index in [0.29, 0.717) is 6.61 Å². The van der Waals surface area contributed by atoms with E-state index in [9.17, 15) is 5.11 Å². The maximum atomic E-state index is 9.88. The second-order valence-corrected chi connectivity index (χ2v) is 3.38. The van der Waals surface area contributed by atoms with Crippen LogP contribution in [0.15, 0.2) is 18.7 Å². The molecule has 0 fully saturated rings. The molecule has 0 saturated carbocycles. The average molecular weight is 196 g/mol. The third-order valence-electron chi connectivity index (χ3n) is 2.24. The Hall–Kier alpha value is -1.00. The molecule has 0 amide bonds. The summed E-state index contributed by atoms with van der Waals surface area (Å²) in [5.74, 6) is 0.154. The summed E-state index contributed by atoms with van der Waals surface area (Å²) in [7, 11) is 1.66. The minimum atomic E-state index is -0.508. The topological polar surface area (TPSA) is 55.2 Å². The van der Waals surface area contributed by atoms with Crippen LogP contribution < -0.4 is 0 Å². The van der Waals surface area contributed by atoms with Gasteiger partial charge in [-0.3, -0.25) is 0 Å². The molecule has 0 aromatic carbocycles. The van der Waals surface area contributed by atoms with Gasteiger partial charge < -0.3 is 9.84 Å². The molecule has 0 bridgehead atoms. The lowest BCUT2D eigenvalue weighted by molar-refractivity contribution is 0.0881. The van der Waals surface area contributed by atoms with E-state index >= 15 is 0 Å². The Morgan fingerprint density at radius 3 is 2.64 bits per heavy atom. The van der Waals surface area contributed by atoms with E-state index in [-0.39, 0.29) is 5.92 Å². The SMILES string of the molecule is COCCC(C)C(O)c1cncnc1. The molecule has 1 rings (SSSR count). The number of methoxy groups -OCH3 is 1. The Bertz CT molecular complexity index is 254. The molecule has 14 heavy (non-hydrogen) atoms. The van der Waals surface area contributed by atoms with E-state index < -0.39 is 6.10 Å². The molecule has 1 heterocycles. The minimum Gasteiger partial charge on any atom is -0.388 e. The van der Waals surface area contributed by atoms with Gasteiger partial charge in [0.25, 0.3) is 0 Å². The summed E-state index contributed by atoms with van der Waals surface area (Å²) in [6.07, 6.45) is 5.05. The summed E-state index contributed by atoms with van der Waals surface area (Å²) in [4.78, 5) is 7.73. The zero-order chi connectivity index (χ0) is 10.4. The highest BCUT2D eigenvalue weighted by Crippen LogP contribution is 2.22. The van der Waals surface area contributed by atoms with Crippen LogP contribution in [0.4, 0.5) is 0 Å². The number of nitrogens with zero attached hydrogens (tertiary/aromatic N) is 2. The summed E-state index contributed by atoms with van der Waals surface area (Å²) < 4.78 is 4.96. The number of rotatable bonds is 5. The van der Waals surface area contributed by atoms with Crippen molar-refractivity contribution in [1.29, 1.82) is 0 Å². The van der Waals surface area contributed by atoms with Gasteiger partial charge in [-0.05, 0) is 12.3 Å². The molecule has 0 aliphatic rings. The molecule has 0 aliphatic carbocycles. The number of aromatic nitrogens is 2. The van der Waals surface area contributed by atoms with Crippen molar-refractivity contribution < 1.29 is 9.84 Å². The highest BCUT2D eigenvalue weighted by atomic mass is 16.5. The highest BCUT2D eigenvalue weighted by molar-refractivity contribution is 5.07. The standard InChI is InChI=1S/C10H16N2O2/c1-8(3-4-14-2)10(13)9-5-11-7-12-6-9/h5-8,10,13H,3-4H2,1-2H3. The van der Waals surface area contributed by atoms with Crippen LogP contribution in [0.25, 0.3) is 0 Å². The smallest absolute Gasteiger partial charge is 0.115 e. The fourth-order valence-electron chi connectivity index (χ4n) is 1.25. The third kappa shape index (κ3) is 3.05. The predicted octanol–water partition coefficient (Wildman–Crippen LogP) is 1.18. The zero-order valence-corrected chi connectivity index (χ0v) is 8.55. The normalized spacial score (nSPS) is 15.1. The summed E-state index contributed by atoms with van der Waals surface area (Å²) >= 11 is 0. The lowest BCUT2D eigenvalue weighted by Crippen LogP contribution is -2.11. The lowest BCUT2D eigenvalue weighted by Gasteiger charge is -2.17. The molecule has 0 radical (unpaired) electrons. The van der Waals surface area contributed by atoms with Crippen LogP contribution >= 0.6 is 0 Å². The average Bonchev–Trinajstić information content (AvgIpc) is 2.26. The van der Waals surface area contributed by atoms with Crippen LogP contribution in [0.1, 0.15) is 25.0 Å². The van der Waals surface area contributed by atoms with Crippen molar-refractivity contribution in [3.8, 4) is 0 Å². The molecule has 1 aromatic heterocycles. The number of aliphatic hydroxyl groups is 1. The van der Waals surface area contributed by atoms with Crippen molar-refractivity contribution in [2.45, 2.75) is 19.4 Å². The van der Waals surface area contributed by atoms with Crippen molar-refractivity contribution in [2.75, 3.05) is 13.7 Å². The molecule has 0 aliphatic heterocycles. The second-order valence-electron chi connectivity index (χ2n) is 3.38. The number of hydrogen-bond acceptors (Lipinski definition) is 4. The lowest BCUT2D eigenvalue weighted by atomic mass is 9.97. The molecular weight excluding hydrogens is 180 g/mol. The van der Waals surface area contributed by atoms with Crippen LogP contribution in [0.2, 0.25) is 0 Å². The van der Waals surface area contributed by atoms with Crippen molar-refractivity contribution in [1.82, 2.24) is 9.97 Å². The Morgan fingerprint density at radius 1 is 1.43 bits per heavy atom. The summed E-state index contributed by atoms with van der Waals surface area (Å²) in [5, 5.41) is 9.88. The Balaban J connectivity index is 2.52. The van der Waals surface area contributed by atoms with E-state index in [1.54, 1.807) is 19.5 Å². The van der Waals surface area contributed by atoms with Crippen LogP contribution in [0.3, 0.4) is 0 Å². The van der Waals surface area contributed by atoms with E-state index in [0.717, 1.165) is 12.0 Å². The van der Waals surface area contributed by atoms with Crippen LogP contribution in [-0.4, -0.2) is 28.8 Å². The van der Waals surface area contributed by atoms with Gasteiger partial charge in [-0.2, -0.15) is 0 Å². The predicted molar refractivity (Wildman–Crippen MR) is 52.6 cm³/mol. The van der Waals surface area contributed by atoms with Gasteiger partial charge in [-0.15, -0.1) is 0 Å². The Labute approximate surface area is 84.0 Å². The van der Waals surface area contributed by atoms with Crippen LogP contribution in [0, 0.1) is 5.92 Å². The van der Waals surface area contributed by atoms with Crippen molar-refractivity contribution in [2.24, 2.45) is 5.92 Å². The molecule has 78 valence electrons. The molecule has 2 atom stereocenters. The van der Waals surface area contributed by atoms with Gasteiger partial charge in [-0.1, -0.05) is 6.92 Å². The van der Waals surface area contributed by atoms with Crippen molar-refractivity contribution >= 4 is 0 Å². The van der Waals surface area contributed by atoms with Crippen LogP contribution in [0.5, 0.6) is 0 Å². The van der Waals surface area contributed by atoms with Gasteiger partial charge in [0.1, 0.15) is 6.33 Å². The van der Waals surface area contributed by atoms with Gasteiger partial charge >= 0.3 is 0 Å². The molecule has 0 saturated heterocycles. The third-order valence-corrected chi connectivity index (χ3v) is 2.24. The largest absolute Gasteiger partial charge is 0.388 e.